The quantitative estimate of drug-likeness (QED) is 0.588. The third kappa shape index (κ3) is 5.28. The van der Waals surface area contributed by atoms with E-state index < -0.39 is 11.8 Å². The molecule has 128 valence electrons. The molecule has 0 radical (unpaired) electrons. The van der Waals surface area contributed by atoms with Gasteiger partial charge in [-0.25, -0.2) is 0 Å². The first-order chi connectivity index (χ1) is 11.8. The number of hydrogen-bond donors (Lipinski definition) is 3. The fourth-order valence-corrected chi connectivity index (χ4v) is 2.07. The van der Waals surface area contributed by atoms with Gasteiger partial charge < -0.3 is 16.0 Å². The van der Waals surface area contributed by atoms with Gasteiger partial charge in [0.2, 0.25) is 5.91 Å². The van der Waals surface area contributed by atoms with E-state index in [1.54, 1.807) is 36.4 Å². The zero-order valence-corrected chi connectivity index (χ0v) is 13.8. The van der Waals surface area contributed by atoms with Crippen molar-refractivity contribution in [3.63, 3.8) is 0 Å². The van der Waals surface area contributed by atoms with Crippen LogP contribution in [0.15, 0.2) is 48.5 Å². The summed E-state index contributed by atoms with van der Waals surface area (Å²) < 4.78 is 0. The Bertz CT molecular complexity index is 846. The number of ketones is 1. The molecule has 0 atom stereocenters. The number of rotatable bonds is 4. The van der Waals surface area contributed by atoms with Gasteiger partial charge in [0.25, 0.3) is 0 Å². The summed E-state index contributed by atoms with van der Waals surface area (Å²) in [6.45, 7) is 2.78. The summed E-state index contributed by atoms with van der Waals surface area (Å²) in [6, 6.07) is 12.7. The second kappa shape index (κ2) is 7.87. The van der Waals surface area contributed by atoms with Gasteiger partial charge in [-0.05, 0) is 37.3 Å². The van der Waals surface area contributed by atoms with Crippen LogP contribution >= 0.6 is 0 Å². The molecule has 0 aliphatic heterocycles. The van der Waals surface area contributed by atoms with E-state index in [4.69, 9.17) is 0 Å². The van der Waals surface area contributed by atoms with Gasteiger partial charge in [0, 0.05) is 29.5 Å². The van der Waals surface area contributed by atoms with E-state index in [0.29, 0.717) is 22.6 Å². The first kappa shape index (κ1) is 17.9. The Labute approximate surface area is 144 Å². The number of nitrogens with one attached hydrogen (secondary N) is 3. The van der Waals surface area contributed by atoms with Crippen LogP contribution in [0.5, 0.6) is 0 Å². The molecule has 0 aromatic heterocycles. The molecule has 0 aliphatic carbocycles. The van der Waals surface area contributed by atoms with Crippen molar-refractivity contribution in [1.29, 1.82) is 0 Å². The zero-order chi connectivity index (χ0) is 18.4. The summed E-state index contributed by atoms with van der Waals surface area (Å²) in [6.07, 6.45) is 0. The van der Waals surface area contributed by atoms with Gasteiger partial charge in [-0.15, -0.1) is 0 Å². The molecule has 3 amide bonds. The maximum atomic E-state index is 12.0. The Kier molecular flexibility index (Phi) is 5.62. The average Bonchev–Trinajstić information content (AvgIpc) is 2.54. The molecular weight excluding hydrogens is 322 g/mol. The van der Waals surface area contributed by atoms with E-state index in [-0.39, 0.29) is 11.7 Å². The summed E-state index contributed by atoms with van der Waals surface area (Å²) in [5.41, 5.74) is 1.64. The monoisotopic (exact) mass is 339 g/mol. The molecule has 3 N–H and O–H groups in total. The Morgan fingerprint density at radius 3 is 1.68 bits per heavy atom. The SMILES string of the molecule is CC(=O)Nc1cccc(NC(=O)C(=O)Nc2cccc(C(C)=O)c2)c1. The molecule has 0 fully saturated rings. The lowest BCUT2D eigenvalue weighted by Gasteiger charge is -2.09. The topological polar surface area (TPSA) is 104 Å². The normalized spacial score (nSPS) is 9.84. The summed E-state index contributed by atoms with van der Waals surface area (Å²) >= 11 is 0. The number of carbonyl (C=O) groups excluding carboxylic acids is 4. The van der Waals surface area contributed by atoms with Gasteiger partial charge in [-0.1, -0.05) is 18.2 Å². The number of amides is 3. The molecule has 2 rings (SSSR count). The van der Waals surface area contributed by atoms with E-state index in [2.05, 4.69) is 16.0 Å². The van der Waals surface area contributed by atoms with Gasteiger partial charge in [-0.3, -0.25) is 19.2 Å². The minimum Gasteiger partial charge on any atom is -0.326 e. The molecule has 7 nitrogen and oxygen atoms in total. The van der Waals surface area contributed by atoms with Crippen molar-refractivity contribution in [3.8, 4) is 0 Å². The van der Waals surface area contributed by atoms with Crippen LogP contribution in [0.3, 0.4) is 0 Å². The van der Waals surface area contributed by atoms with Crippen molar-refractivity contribution in [1.82, 2.24) is 0 Å². The number of anilines is 3. The van der Waals surface area contributed by atoms with Crippen molar-refractivity contribution in [2.24, 2.45) is 0 Å². The predicted octanol–water partition coefficient (Wildman–Crippen LogP) is 2.42. The van der Waals surface area contributed by atoms with Gasteiger partial charge >= 0.3 is 11.8 Å². The lowest BCUT2D eigenvalue weighted by molar-refractivity contribution is -0.132. The molecule has 2 aromatic rings. The molecule has 2 aromatic carbocycles. The van der Waals surface area contributed by atoms with Gasteiger partial charge in [0.05, 0.1) is 0 Å². The first-order valence-electron chi connectivity index (χ1n) is 7.46. The van der Waals surface area contributed by atoms with E-state index >= 15 is 0 Å². The van der Waals surface area contributed by atoms with Gasteiger partial charge in [0.15, 0.2) is 5.78 Å². The maximum Gasteiger partial charge on any atom is 0.314 e. The predicted molar refractivity (Wildman–Crippen MR) is 94.5 cm³/mol. The minimum atomic E-state index is -0.870. The molecule has 0 heterocycles. The largest absolute Gasteiger partial charge is 0.326 e. The smallest absolute Gasteiger partial charge is 0.314 e. The van der Waals surface area contributed by atoms with E-state index in [0.717, 1.165) is 0 Å². The Hall–Kier alpha value is -3.48. The standard InChI is InChI=1S/C18H17N3O4/c1-11(22)13-5-3-6-14(9-13)20-17(24)18(25)21-16-8-4-7-15(10-16)19-12(2)23/h3-10H,1-2H3,(H,19,23)(H,20,24)(H,21,25). The van der Waals surface area contributed by atoms with Crippen molar-refractivity contribution in [2.45, 2.75) is 13.8 Å². The van der Waals surface area contributed by atoms with Crippen LogP contribution in [0.25, 0.3) is 0 Å². The zero-order valence-electron chi connectivity index (χ0n) is 13.8. The highest BCUT2D eigenvalue weighted by molar-refractivity contribution is 6.43. The third-order valence-electron chi connectivity index (χ3n) is 3.17. The molecule has 0 unspecified atom stereocenters. The fourth-order valence-electron chi connectivity index (χ4n) is 2.07. The molecule has 0 saturated heterocycles. The lowest BCUT2D eigenvalue weighted by Crippen LogP contribution is -2.29. The highest BCUT2D eigenvalue weighted by Gasteiger charge is 2.14. The molecule has 0 spiro atoms. The second-order valence-electron chi connectivity index (χ2n) is 5.31. The van der Waals surface area contributed by atoms with Crippen LogP contribution < -0.4 is 16.0 Å². The summed E-state index contributed by atoms with van der Waals surface area (Å²) in [5, 5.41) is 7.46. The van der Waals surface area contributed by atoms with Crippen LogP contribution in [0.2, 0.25) is 0 Å². The molecule has 0 bridgehead atoms. The lowest BCUT2D eigenvalue weighted by atomic mass is 10.1. The Morgan fingerprint density at radius 2 is 1.16 bits per heavy atom. The van der Waals surface area contributed by atoms with Crippen molar-refractivity contribution in [2.75, 3.05) is 16.0 Å². The molecule has 7 heteroatoms. The summed E-state index contributed by atoms with van der Waals surface area (Å²) in [4.78, 5) is 46.4. The highest BCUT2D eigenvalue weighted by atomic mass is 16.2. The summed E-state index contributed by atoms with van der Waals surface area (Å²) in [7, 11) is 0. The fraction of sp³-hybridized carbons (Fsp3) is 0.111. The van der Waals surface area contributed by atoms with Crippen molar-refractivity contribution < 1.29 is 19.2 Å². The van der Waals surface area contributed by atoms with E-state index in [9.17, 15) is 19.2 Å². The first-order valence-corrected chi connectivity index (χ1v) is 7.46. The number of Topliss-reactive ketones (excluding diaryl/α,β-unsaturated/α-hetero) is 1. The van der Waals surface area contributed by atoms with E-state index in [1.807, 2.05) is 0 Å². The second-order valence-corrected chi connectivity index (χ2v) is 5.31. The van der Waals surface area contributed by atoms with Crippen LogP contribution in [-0.2, 0) is 14.4 Å². The number of benzene rings is 2. The maximum absolute atomic E-state index is 12.0. The van der Waals surface area contributed by atoms with Crippen LogP contribution in [0.4, 0.5) is 17.1 Å². The number of carbonyl (C=O) groups is 4. The van der Waals surface area contributed by atoms with Crippen LogP contribution in [0, 0.1) is 0 Å². The van der Waals surface area contributed by atoms with Crippen molar-refractivity contribution in [3.05, 3.63) is 54.1 Å². The van der Waals surface area contributed by atoms with Gasteiger partial charge in [0.1, 0.15) is 0 Å². The molecule has 0 saturated carbocycles. The molecule has 0 aliphatic rings. The van der Waals surface area contributed by atoms with Crippen LogP contribution in [0.1, 0.15) is 24.2 Å². The molecular formula is C18H17N3O4. The number of hydrogen-bond acceptors (Lipinski definition) is 4. The molecule has 25 heavy (non-hydrogen) atoms. The Morgan fingerprint density at radius 1 is 0.680 bits per heavy atom. The van der Waals surface area contributed by atoms with Crippen molar-refractivity contribution >= 4 is 40.6 Å². The Balaban J connectivity index is 2.03. The van der Waals surface area contributed by atoms with E-state index in [1.165, 1.54) is 26.0 Å². The van der Waals surface area contributed by atoms with Gasteiger partial charge in [-0.2, -0.15) is 0 Å². The third-order valence-corrected chi connectivity index (χ3v) is 3.17. The average molecular weight is 339 g/mol. The highest BCUT2D eigenvalue weighted by Crippen LogP contribution is 2.15. The van der Waals surface area contributed by atoms with Crippen LogP contribution in [-0.4, -0.2) is 23.5 Å². The summed E-state index contributed by atoms with van der Waals surface area (Å²) in [5.74, 6) is -2.12. The minimum absolute atomic E-state index is 0.143.